The van der Waals surface area contributed by atoms with Crippen LogP contribution in [-0.2, 0) is 14.3 Å². The number of carbonyl (C=O) groups excluding carboxylic acids is 1. The van der Waals surface area contributed by atoms with Crippen molar-refractivity contribution in [1.29, 1.82) is 0 Å². The number of hydrogen-bond donors (Lipinski definition) is 0. The maximum atomic E-state index is 12.5. The lowest BCUT2D eigenvalue weighted by Gasteiger charge is -2.37. The minimum absolute atomic E-state index is 0.0445. The SMILES string of the molecule is CSC(SC)[C@]12C(=O)OC[C@H]1[C@H]1COC[C@H]1C2C. The Morgan fingerprint density at radius 2 is 1.89 bits per heavy atom. The second-order valence-electron chi connectivity index (χ2n) is 5.60. The first-order chi connectivity index (χ1) is 8.67. The molecule has 0 aromatic heterocycles. The van der Waals surface area contributed by atoms with E-state index < -0.39 is 0 Å². The highest BCUT2D eigenvalue weighted by Crippen LogP contribution is 2.64. The summed E-state index contributed by atoms with van der Waals surface area (Å²) in [6, 6.07) is 0. The molecule has 1 saturated carbocycles. The highest BCUT2D eigenvalue weighted by atomic mass is 32.2. The number of rotatable bonds is 3. The lowest BCUT2D eigenvalue weighted by Crippen LogP contribution is -2.44. The molecule has 3 nitrogen and oxygen atoms in total. The van der Waals surface area contributed by atoms with E-state index in [4.69, 9.17) is 9.47 Å². The van der Waals surface area contributed by atoms with Gasteiger partial charge in [0, 0.05) is 5.92 Å². The predicted octanol–water partition coefficient (Wildman–Crippen LogP) is 2.11. The summed E-state index contributed by atoms with van der Waals surface area (Å²) >= 11 is 3.60. The van der Waals surface area contributed by atoms with Gasteiger partial charge in [-0.05, 0) is 30.3 Å². The first-order valence-corrected chi connectivity index (χ1v) is 9.06. The molecular formula is C13H20O3S2. The fourth-order valence-corrected chi connectivity index (χ4v) is 6.95. The van der Waals surface area contributed by atoms with Gasteiger partial charge >= 0.3 is 5.97 Å². The average molecular weight is 288 g/mol. The van der Waals surface area contributed by atoms with E-state index >= 15 is 0 Å². The van der Waals surface area contributed by atoms with Crippen molar-refractivity contribution in [2.24, 2.45) is 29.1 Å². The second kappa shape index (κ2) is 4.60. The predicted molar refractivity (Wildman–Crippen MR) is 74.7 cm³/mol. The molecule has 0 aromatic carbocycles. The van der Waals surface area contributed by atoms with E-state index in [0.29, 0.717) is 34.9 Å². The maximum absolute atomic E-state index is 12.5. The molecule has 0 aromatic rings. The fraction of sp³-hybridized carbons (Fsp3) is 0.923. The molecule has 0 N–H and O–H groups in total. The molecule has 3 rings (SSSR count). The van der Waals surface area contributed by atoms with E-state index in [1.165, 1.54) is 0 Å². The van der Waals surface area contributed by atoms with Crippen LogP contribution in [-0.4, -0.2) is 42.9 Å². The third-order valence-corrected chi connectivity index (χ3v) is 8.05. The zero-order valence-electron chi connectivity index (χ0n) is 11.0. The van der Waals surface area contributed by atoms with Gasteiger partial charge in [0.25, 0.3) is 0 Å². The highest BCUT2D eigenvalue weighted by molar-refractivity contribution is 8.16. The van der Waals surface area contributed by atoms with Crippen molar-refractivity contribution in [2.45, 2.75) is 11.5 Å². The Bertz CT molecular complexity index is 358. The van der Waals surface area contributed by atoms with Crippen LogP contribution in [0.5, 0.6) is 0 Å². The van der Waals surface area contributed by atoms with E-state index in [2.05, 4.69) is 19.4 Å². The van der Waals surface area contributed by atoms with Crippen molar-refractivity contribution >= 4 is 29.5 Å². The van der Waals surface area contributed by atoms with Crippen molar-refractivity contribution in [1.82, 2.24) is 0 Å². The lowest BCUT2D eigenvalue weighted by molar-refractivity contribution is -0.148. The van der Waals surface area contributed by atoms with Crippen LogP contribution in [0, 0.1) is 29.1 Å². The molecule has 0 radical (unpaired) electrons. The summed E-state index contributed by atoms with van der Waals surface area (Å²) in [6.07, 6.45) is 4.21. The molecule has 1 aliphatic carbocycles. The Hall–Kier alpha value is 0.130. The smallest absolute Gasteiger partial charge is 0.314 e. The number of carbonyl (C=O) groups is 1. The number of hydrogen-bond acceptors (Lipinski definition) is 5. The van der Waals surface area contributed by atoms with Gasteiger partial charge in [0.2, 0.25) is 0 Å². The topological polar surface area (TPSA) is 35.5 Å². The lowest BCUT2D eigenvalue weighted by atomic mass is 9.74. The molecule has 0 spiro atoms. The molecule has 1 unspecified atom stereocenters. The van der Waals surface area contributed by atoms with Crippen LogP contribution < -0.4 is 0 Å². The number of ether oxygens (including phenoxy) is 2. The Morgan fingerprint density at radius 3 is 2.56 bits per heavy atom. The molecule has 102 valence electrons. The van der Waals surface area contributed by atoms with Crippen molar-refractivity contribution in [2.75, 3.05) is 32.3 Å². The fourth-order valence-electron chi connectivity index (χ4n) is 4.42. The van der Waals surface area contributed by atoms with Gasteiger partial charge in [0.05, 0.1) is 29.8 Å². The maximum Gasteiger partial charge on any atom is 0.314 e. The van der Waals surface area contributed by atoms with Gasteiger partial charge in [-0.1, -0.05) is 6.92 Å². The normalized spacial score (nSPS) is 46.3. The Balaban J connectivity index is 2.04. The number of thioether (sulfide) groups is 2. The Morgan fingerprint density at radius 1 is 1.22 bits per heavy atom. The van der Waals surface area contributed by atoms with E-state index in [1.54, 1.807) is 23.5 Å². The molecule has 5 heteroatoms. The second-order valence-corrected chi connectivity index (χ2v) is 7.78. The standard InChI is InChI=1S/C13H20O3S2/c1-7-8-4-15-5-9(8)10-6-16-11(14)13(7,10)12(17-2)18-3/h7-10,12H,4-6H2,1-3H3/t7?,8-,9-,10-,13-/m0/s1. The number of esters is 1. The molecule has 2 heterocycles. The minimum Gasteiger partial charge on any atom is -0.465 e. The summed E-state index contributed by atoms with van der Waals surface area (Å²) < 4.78 is 11.4. The average Bonchev–Trinajstić information content (AvgIpc) is 3.00. The molecule has 0 amide bonds. The zero-order valence-corrected chi connectivity index (χ0v) is 12.7. The molecule has 3 fully saturated rings. The summed E-state index contributed by atoms with van der Waals surface area (Å²) in [5.41, 5.74) is -0.280. The highest BCUT2D eigenvalue weighted by Gasteiger charge is 2.70. The van der Waals surface area contributed by atoms with E-state index in [1.807, 2.05) is 0 Å². The van der Waals surface area contributed by atoms with Gasteiger partial charge in [0.1, 0.15) is 0 Å². The molecule has 5 atom stereocenters. The number of cyclic esters (lactones) is 1. The van der Waals surface area contributed by atoms with Crippen LogP contribution in [0.3, 0.4) is 0 Å². The van der Waals surface area contributed by atoms with Gasteiger partial charge < -0.3 is 9.47 Å². The summed E-state index contributed by atoms with van der Waals surface area (Å²) in [6.45, 7) is 4.48. The zero-order chi connectivity index (χ0) is 12.9. The third kappa shape index (κ3) is 1.41. The van der Waals surface area contributed by atoms with Crippen LogP contribution in [0.2, 0.25) is 0 Å². The first kappa shape index (κ1) is 13.1. The van der Waals surface area contributed by atoms with Crippen LogP contribution in [0.4, 0.5) is 0 Å². The Kier molecular flexibility index (Phi) is 3.35. The molecule has 0 bridgehead atoms. The van der Waals surface area contributed by atoms with Crippen LogP contribution >= 0.6 is 23.5 Å². The molecule has 3 aliphatic rings. The van der Waals surface area contributed by atoms with Gasteiger partial charge in [-0.2, -0.15) is 0 Å². The monoisotopic (exact) mass is 288 g/mol. The van der Waals surface area contributed by atoms with Crippen LogP contribution in [0.25, 0.3) is 0 Å². The first-order valence-electron chi connectivity index (χ1n) is 6.48. The van der Waals surface area contributed by atoms with E-state index in [0.717, 1.165) is 13.2 Å². The summed E-state index contributed by atoms with van der Waals surface area (Å²) in [5, 5.41) is 0. The van der Waals surface area contributed by atoms with E-state index in [9.17, 15) is 4.79 Å². The molecular weight excluding hydrogens is 268 g/mol. The van der Waals surface area contributed by atoms with Crippen molar-refractivity contribution in [3.63, 3.8) is 0 Å². The third-order valence-electron chi connectivity index (χ3n) is 5.26. The van der Waals surface area contributed by atoms with Crippen LogP contribution in [0.15, 0.2) is 0 Å². The van der Waals surface area contributed by atoms with Gasteiger partial charge in [-0.25, -0.2) is 0 Å². The summed E-state index contributed by atoms with van der Waals surface area (Å²) in [5.74, 6) is 1.84. The van der Waals surface area contributed by atoms with Crippen LogP contribution in [0.1, 0.15) is 6.92 Å². The largest absolute Gasteiger partial charge is 0.465 e. The van der Waals surface area contributed by atoms with Gasteiger partial charge in [0.15, 0.2) is 0 Å². The van der Waals surface area contributed by atoms with Crippen molar-refractivity contribution < 1.29 is 14.3 Å². The molecule has 2 aliphatic heterocycles. The van der Waals surface area contributed by atoms with Crippen molar-refractivity contribution in [3.8, 4) is 0 Å². The quantitative estimate of drug-likeness (QED) is 0.587. The Labute approximate surface area is 117 Å². The summed E-state index contributed by atoms with van der Waals surface area (Å²) in [4.78, 5) is 12.5. The van der Waals surface area contributed by atoms with E-state index in [-0.39, 0.29) is 11.4 Å². The van der Waals surface area contributed by atoms with Gasteiger partial charge in [-0.15, -0.1) is 23.5 Å². The number of fused-ring (bicyclic) bond motifs is 3. The summed E-state index contributed by atoms with van der Waals surface area (Å²) in [7, 11) is 0. The van der Waals surface area contributed by atoms with Crippen molar-refractivity contribution in [3.05, 3.63) is 0 Å². The van der Waals surface area contributed by atoms with Gasteiger partial charge in [-0.3, -0.25) is 4.79 Å². The minimum atomic E-state index is -0.280. The molecule has 18 heavy (non-hydrogen) atoms. The molecule has 2 saturated heterocycles.